The van der Waals surface area contributed by atoms with Gasteiger partial charge >= 0.3 is 0 Å². The third-order valence-corrected chi connectivity index (χ3v) is 2.64. The summed E-state index contributed by atoms with van der Waals surface area (Å²) in [6.07, 6.45) is 4.33. The molecule has 0 aliphatic carbocycles. The van der Waals surface area contributed by atoms with Gasteiger partial charge in [0.15, 0.2) is 0 Å². The molecule has 1 unspecified atom stereocenters. The Bertz CT molecular complexity index is 419. The fourth-order valence-electron chi connectivity index (χ4n) is 1.64. The molecule has 2 N–H and O–H groups in total. The fourth-order valence-corrected chi connectivity index (χ4v) is 1.64. The highest BCUT2D eigenvalue weighted by molar-refractivity contribution is 5.08. The summed E-state index contributed by atoms with van der Waals surface area (Å²) in [6.45, 7) is 4.96. The first kappa shape index (κ1) is 11.0. The van der Waals surface area contributed by atoms with E-state index in [1.54, 1.807) is 12.6 Å². The molecule has 1 atom stereocenters. The maximum atomic E-state index is 5.30. The lowest BCUT2D eigenvalue weighted by Gasteiger charge is -2.11. The van der Waals surface area contributed by atoms with E-state index in [0.29, 0.717) is 6.04 Å². The summed E-state index contributed by atoms with van der Waals surface area (Å²) in [4.78, 5) is 7.31. The molecule has 2 aromatic rings. The van der Waals surface area contributed by atoms with E-state index in [0.717, 1.165) is 30.1 Å². The van der Waals surface area contributed by atoms with Crippen LogP contribution in [0.1, 0.15) is 24.1 Å². The minimum absolute atomic E-state index is 0.377. The number of hydrogen-bond donors (Lipinski definition) is 2. The zero-order valence-corrected chi connectivity index (χ0v) is 9.66. The molecular formula is C12H17N3O. The van der Waals surface area contributed by atoms with Crippen LogP contribution < -0.4 is 5.32 Å². The molecule has 0 amide bonds. The van der Waals surface area contributed by atoms with Crippen molar-refractivity contribution in [3.63, 3.8) is 0 Å². The Labute approximate surface area is 95.1 Å². The maximum Gasteiger partial charge on any atom is 0.105 e. The Kier molecular flexibility index (Phi) is 3.41. The van der Waals surface area contributed by atoms with Crippen LogP contribution in [-0.2, 0) is 13.0 Å². The second kappa shape index (κ2) is 4.99. The Morgan fingerprint density at radius 3 is 3.06 bits per heavy atom. The van der Waals surface area contributed by atoms with E-state index in [9.17, 15) is 0 Å². The van der Waals surface area contributed by atoms with Gasteiger partial charge in [0, 0.05) is 24.7 Å². The molecule has 0 saturated heterocycles. The van der Waals surface area contributed by atoms with Gasteiger partial charge < -0.3 is 14.7 Å². The van der Waals surface area contributed by atoms with Crippen molar-refractivity contribution < 1.29 is 4.42 Å². The van der Waals surface area contributed by atoms with Crippen molar-refractivity contribution in [2.24, 2.45) is 0 Å². The summed E-state index contributed by atoms with van der Waals surface area (Å²) in [6, 6.07) is 4.29. The highest BCUT2D eigenvalue weighted by Gasteiger charge is 2.07. The van der Waals surface area contributed by atoms with Gasteiger partial charge in [-0.05, 0) is 26.0 Å². The molecule has 0 fully saturated rings. The zero-order valence-electron chi connectivity index (χ0n) is 9.66. The molecule has 4 heteroatoms. The largest absolute Gasteiger partial charge is 0.469 e. The van der Waals surface area contributed by atoms with Crippen molar-refractivity contribution in [1.29, 1.82) is 0 Å². The van der Waals surface area contributed by atoms with Crippen molar-refractivity contribution in [3.8, 4) is 0 Å². The van der Waals surface area contributed by atoms with Crippen LogP contribution >= 0.6 is 0 Å². The standard InChI is InChI=1S/C12H17N3O/c1-9(6-11-4-3-5-16-11)13-7-12-10(2)14-8-15-12/h3-5,8-9,13H,6-7H2,1-2H3,(H,14,15). The minimum atomic E-state index is 0.377. The van der Waals surface area contributed by atoms with Crippen LogP contribution in [0.2, 0.25) is 0 Å². The molecular weight excluding hydrogens is 202 g/mol. The summed E-state index contributed by atoms with van der Waals surface area (Å²) in [7, 11) is 0. The Morgan fingerprint density at radius 2 is 2.44 bits per heavy atom. The summed E-state index contributed by atoms with van der Waals surface area (Å²) < 4.78 is 5.30. The molecule has 0 saturated carbocycles. The van der Waals surface area contributed by atoms with Crippen LogP contribution in [0.4, 0.5) is 0 Å². The molecule has 86 valence electrons. The minimum Gasteiger partial charge on any atom is -0.469 e. The summed E-state index contributed by atoms with van der Waals surface area (Å²) >= 11 is 0. The SMILES string of the molecule is Cc1[nH]cnc1CNC(C)Cc1ccco1. The summed E-state index contributed by atoms with van der Waals surface area (Å²) in [5.74, 6) is 1.01. The Hall–Kier alpha value is -1.55. The molecule has 0 spiro atoms. The van der Waals surface area contributed by atoms with Gasteiger partial charge in [0.2, 0.25) is 0 Å². The number of imidazole rings is 1. The van der Waals surface area contributed by atoms with Gasteiger partial charge in [0.1, 0.15) is 5.76 Å². The molecule has 0 aliphatic rings. The number of nitrogens with one attached hydrogen (secondary N) is 2. The van der Waals surface area contributed by atoms with Crippen LogP contribution in [0.25, 0.3) is 0 Å². The average Bonchev–Trinajstić information content (AvgIpc) is 2.87. The Morgan fingerprint density at radius 1 is 1.56 bits per heavy atom. The zero-order chi connectivity index (χ0) is 11.4. The van der Waals surface area contributed by atoms with Crippen molar-refractivity contribution in [2.75, 3.05) is 0 Å². The monoisotopic (exact) mass is 219 g/mol. The first-order valence-electron chi connectivity index (χ1n) is 5.50. The molecule has 0 bridgehead atoms. The smallest absolute Gasteiger partial charge is 0.105 e. The fraction of sp³-hybridized carbons (Fsp3) is 0.417. The number of aryl methyl sites for hydroxylation is 1. The second-order valence-electron chi connectivity index (χ2n) is 4.04. The lowest BCUT2D eigenvalue weighted by atomic mass is 10.2. The van der Waals surface area contributed by atoms with Gasteiger partial charge in [-0.2, -0.15) is 0 Å². The van der Waals surface area contributed by atoms with Crippen LogP contribution in [0.5, 0.6) is 0 Å². The highest BCUT2D eigenvalue weighted by atomic mass is 16.3. The summed E-state index contributed by atoms with van der Waals surface area (Å²) in [5.41, 5.74) is 2.20. The van der Waals surface area contributed by atoms with Gasteiger partial charge in [-0.1, -0.05) is 0 Å². The number of H-pyrrole nitrogens is 1. The van der Waals surface area contributed by atoms with Gasteiger partial charge in [-0.15, -0.1) is 0 Å². The van der Waals surface area contributed by atoms with E-state index in [1.807, 2.05) is 19.1 Å². The predicted octanol–water partition coefficient (Wildman–Crippen LogP) is 2.03. The molecule has 0 aliphatic heterocycles. The topological polar surface area (TPSA) is 53.9 Å². The number of aromatic nitrogens is 2. The van der Waals surface area contributed by atoms with Crippen molar-refractivity contribution in [1.82, 2.24) is 15.3 Å². The maximum absolute atomic E-state index is 5.30. The summed E-state index contributed by atoms with van der Waals surface area (Å²) in [5, 5.41) is 3.42. The van der Waals surface area contributed by atoms with E-state index < -0.39 is 0 Å². The molecule has 0 radical (unpaired) electrons. The van der Waals surface area contributed by atoms with Gasteiger partial charge in [0.25, 0.3) is 0 Å². The lowest BCUT2D eigenvalue weighted by Crippen LogP contribution is -2.27. The van der Waals surface area contributed by atoms with Gasteiger partial charge in [0.05, 0.1) is 18.3 Å². The molecule has 2 rings (SSSR count). The number of aromatic amines is 1. The van der Waals surface area contributed by atoms with Crippen molar-refractivity contribution in [2.45, 2.75) is 32.9 Å². The van der Waals surface area contributed by atoms with E-state index >= 15 is 0 Å². The highest BCUT2D eigenvalue weighted by Crippen LogP contribution is 2.05. The van der Waals surface area contributed by atoms with Crippen LogP contribution in [0, 0.1) is 6.92 Å². The van der Waals surface area contributed by atoms with Crippen molar-refractivity contribution >= 4 is 0 Å². The molecule has 2 heterocycles. The van der Waals surface area contributed by atoms with Crippen LogP contribution in [0.15, 0.2) is 29.1 Å². The second-order valence-corrected chi connectivity index (χ2v) is 4.04. The van der Waals surface area contributed by atoms with Gasteiger partial charge in [-0.25, -0.2) is 4.98 Å². The third kappa shape index (κ3) is 2.73. The van der Waals surface area contributed by atoms with E-state index in [4.69, 9.17) is 4.42 Å². The van der Waals surface area contributed by atoms with E-state index in [-0.39, 0.29) is 0 Å². The normalized spacial score (nSPS) is 12.9. The van der Waals surface area contributed by atoms with E-state index in [2.05, 4.69) is 22.2 Å². The number of furan rings is 1. The third-order valence-electron chi connectivity index (χ3n) is 2.64. The molecule has 16 heavy (non-hydrogen) atoms. The van der Waals surface area contributed by atoms with Crippen molar-refractivity contribution in [3.05, 3.63) is 41.9 Å². The molecule has 2 aromatic heterocycles. The first-order chi connectivity index (χ1) is 7.75. The first-order valence-corrected chi connectivity index (χ1v) is 5.50. The van der Waals surface area contributed by atoms with E-state index in [1.165, 1.54) is 0 Å². The molecule has 4 nitrogen and oxygen atoms in total. The average molecular weight is 219 g/mol. The Balaban J connectivity index is 1.80. The lowest BCUT2D eigenvalue weighted by molar-refractivity contribution is 0.455. The number of rotatable bonds is 5. The van der Waals surface area contributed by atoms with Gasteiger partial charge in [-0.3, -0.25) is 0 Å². The quantitative estimate of drug-likeness (QED) is 0.809. The molecule has 0 aromatic carbocycles. The predicted molar refractivity (Wildman–Crippen MR) is 62.0 cm³/mol. The number of nitrogens with zero attached hydrogens (tertiary/aromatic N) is 1. The van der Waals surface area contributed by atoms with Crippen LogP contribution in [0.3, 0.4) is 0 Å². The number of hydrogen-bond acceptors (Lipinski definition) is 3. The van der Waals surface area contributed by atoms with Crippen LogP contribution in [-0.4, -0.2) is 16.0 Å².